The minimum absolute atomic E-state index is 0.263. The summed E-state index contributed by atoms with van der Waals surface area (Å²) in [6.07, 6.45) is 1.28. The molecule has 4 heteroatoms. The van der Waals surface area contributed by atoms with Crippen molar-refractivity contribution in [3.05, 3.63) is 0 Å². The van der Waals surface area contributed by atoms with Gasteiger partial charge in [-0.15, -0.1) is 0 Å². The van der Waals surface area contributed by atoms with Gasteiger partial charge in [-0.3, -0.25) is 0 Å². The Morgan fingerprint density at radius 2 is 1.94 bits per heavy atom. The summed E-state index contributed by atoms with van der Waals surface area (Å²) in [7, 11) is -1.66. The molecule has 1 fully saturated rings. The summed E-state index contributed by atoms with van der Waals surface area (Å²) in [6, 6.07) is 0. The fourth-order valence-corrected chi connectivity index (χ4v) is 3.18. The quantitative estimate of drug-likeness (QED) is 0.747. The van der Waals surface area contributed by atoms with Crippen LogP contribution in [-0.4, -0.2) is 39.2 Å². The van der Waals surface area contributed by atoms with Crippen molar-refractivity contribution in [2.45, 2.75) is 51.4 Å². The lowest BCUT2D eigenvalue weighted by Crippen LogP contribution is -2.50. The van der Waals surface area contributed by atoms with Crippen LogP contribution in [0.1, 0.15) is 27.2 Å². The molecule has 2 atom stereocenters. The molecule has 96 valence electrons. The van der Waals surface area contributed by atoms with Gasteiger partial charge in [0.2, 0.25) is 0 Å². The SMILES string of the molecule is CC(C)(C)[Si](C)(C)OC1CNCC(CO)C1. The van der Waals surface area contributed by atoms with Crippen molar-refractivity contribution in [2.75, 3.05) is 19.7 Å². The Kier molecular flexibility index (Phi) is 4.57. The molecule has 1 aliphatic heterocycles. The number of aliphatic hydroxyl groups is 1. The number of aliphatic hydroxyl groups excluding tert-OH is 1. The molecule has 0 saturated carbocycles. The molecule has 0 aromatic carbocycles. The first-order chi connectivity index (χ1) is 7.26. The molecule has 0 aliphatic carbocycles. The third-order valence-electron chi connectivity index (χ3n) is 3.93. The van der Waals surface area contributed by atoms with E-state index >= 15 is 0 Å². The summed E-state index contributed by atoms with van der Waals surface area (Å²) in [5, 5.41) is 12.8. The molecular formula is C12H27NO2Si. The number of rotatable bonds is 3. The van der Waals surface area contributed by atoms with Crippen molar-refractivity contribution < 1.29 is 9.53 Å². The molecule has 1 saturated heterocycles. The third-order valence-corrected chi connectivity index (χ3v) is 8.46. The number of hydrogen-bond donors (Lipinski definition) is 2. The van der Waals surface area contributed by atoms with Crippen molar-refractivity contribution in [3.63, 3.8) is 0 Å². The van der Waals surface area contributed by atoms with Crippen LogP contribution in [0.2, 0.25) is 18.1 Å². The van der Waals surface area contributed by atoms with E-state index in [0.717, 1.165) is 19.5 Å². The molecule has 1 rings (SSSR count). The average Bonchev–Trinajstić information content (AvgIpc) is 2.15. The maximum absolute atomic E-state index is 9.18. The van der Waals surface area contributed by atoms with Gasteiger partial charge < -0.3 is 14.8 Å². The van der Waals surface area contributed by atoms with Gasteiger partial charge in [0.05, 0.1) is 6.10 Å². The Labute approximate surface area is 101 Å². The van der Waals surface area contributed by atoms with Crippen molar-refractivity contribution in [3.8, 4) is 0 Å². The highest BCUT2D eigenvalue weighted by Gasteiger charge is 2.39. The van der Waals surface area contributed by atoms with E-state index in [2.05, 4.69) is 39.2 Å². The fourth-order valence-electron chi connectivity index (χ4n) is 1.81. The van der Waals surface area contributed by atoms with Crippen molar-refractivity contribution >= 4 is 8.32 Å². The fraction of sp³-hybridized carbons (Fsp3) is 1.00. The van der Waals surface area contributed by atoms with Crippen LogP contribution in [-0.2, 0) is 4.43 Å². The normalized spacial score (nSPS) is 28.1. The number of piperidine rings is 1. The smallest absolute Gasteiger partial charge is 0.192 e. The first kappa shape index (κ1) is 14.2. The van der Waals surface area contributed by atoms with Crippen LogP contribution in [0.25, 0.3) is 0 Å². The molecule has 0 bridgehead atoms. The van der Waals surface area contributed by atoms with E-state index in [-0.39, 0.29) is 17.7 Å². The Hall–Kier alpha value is 0.0969. The second-order valence-electron chi connectivity index (χ2n) is 6.44. The van der Waals surface area contributed by atoms with Gasteiger partial charge in [0.25, 0.3) is 0 Å². The highest BCUT2D eigenvalue weighted by molar-refractivity contribution is 6.74. The van der Waals surface area contributed by atoms with E-state index in [9.17, 15) is 5.11 Å². The Bertz CT molecular complexity index is 226. The Balaban J connectivity index is 2.53. The van der Waals surface area contributed by atoms with Gasteiger partial charge in [0, 0.05) is 19.7 Å². The van der Waals surface area contributed by atoms with E-state index in [0.29, 0.717) is 5.92 Å². The Morgan fingerprint density at radius 1 is 1.31 bits per heavy atom. The second-order valence-corrected chi connectivity index (χ2v) is 11.2. The standard InChI is InChI=1S/C12H27NO2Si/c1-12(2,3)16(4,5)15-11-6-10(9-14)7-13-8-11/h10-11,13-14H,6-9H2,1-5H3. The van der Waals surface area contributed by atoms with Crippen LogP contribution < -0.4 is 5.32 Å². The maximum Gasteiger partial charge on any atom is 0.192 e. The van der Waals surface area contributed by atoms with Crippen molar-refractivity contribution in [1.29, 1.82) is 0 Å². The van der Waals surface area contributed by atoms with Crippen LogP contribution >= 0.6 is 0 Å². The summed E-state index contributed by atoms with van der Waals surface area (Å²) < 4.78 is 6.34. The predicted molar refractivity (Wildman–Crippen MR) is 70.1 cm³/mol. The molecule has 2 N–H and O–H groups in total. The van der Waals surface area contributed by atoms with E-state index < -0.39 is 8.32 Å². The van der Waals surface area contributed by atoms with Gasteiger partial charge in [-0.25, -0.2) is 0 Å². The molecule has 2 unspecified atom stereocenters. The monoisotopic (exact) mass is 245 g/mol. The van der Waals surface area contributed by atoms with Crippen LogP contribution in [0.3, 0.4) is 0 Å². The van der Waals surface area contributed by atoms with Crippen LogP contribution in [0, 0.1) is 5.92 Å². The van der Waals surface area contributed by atoms with Crippen molar-refractivity contribution in [1.82, 2.24) is 5.32 Å². The van der Waals surface area contributed by atoms with E-state index in [1.165, 1.54) is 0 Å². The van der Waals surface area contributed by atoms with Gasteiger partial charge in [-0.1, -0.05) is 20.8 Å². The summed E-state index contributed by atoms with van der Waals surface area (Å²) in [5.74, 6) is 0.364. The van der Waals surface area contributed by atoms with Crippen LogP contribution in [0.4, 0.5) is 0 Å². The van der Waals surface area contributed by atoms with Gasteiger partial charge in [0.1, 0.15) is 0 Å². The zero-order valence-electron chi connectivity index (χ0n) is 11.3. The lowest BCUT2D eigenvalue weighted by Gasteiger charge is -2.41. The van der Waals surface area contributed by atoms with E-state index in [4.69, 9.17) is 4.43 Å². The van der Waals surface area contributed by atoms with Gasteiger partial charge in [-0.2, -0.15) is 0 Å². The molecule has 0 aromatic heterocycles. The number of hydrogen-bond acceptors (Lipinski definition) is 3. The number of nitrogens with one attached hydrogen (secondary N) is 1. The molecule has 3 nitrogen and oxygen atoms in total. The average molecular weight is 245 g/mol. The van der Waals surface area contributed by atoms with E-state index in [1.54, 1.807) is 0 Å². The van der Waals surface area contributed by atoms with E-state index in [1.807, 2.05) is 0 Å². The molecule has 0 spiro atoms. The lowest BCUT2D eigenvalue weighted by molar-refractivity contribution is 0.0945. The summed E-state index contributed by atoms with van der Waals surface area (Å²) in [6.45, 7) is 13.5. The summed E-state index contributed by atoms with van der Waals surface area (Å²) in [5.41, 5.74) is 0. The molecule has 16 heavy (non-hydrogen) atoms. The van der Waals surface area contributed by atoms with Gasteiger partial charge >= 0.3 is 0 Å². The lowest BCUT2D eigenvalue weighted by atomic mass is 9.99. The predicted octanol–water partition coefficient (Wildman–Crippen LogP) is 1.98. The first-order valence-electron chi connectivity index (χ1n) is 6.25. The highest BCUT2D eigenvalue weighted by Crippen LogP contribution is 2.38. The molecule has 0 amide bonds. The first-order valence-corrected chi connectivity index (χ1v) is 9.16. The molecule has 1 aliphatic rings. The highest BCUT2D eigenvalue weighted by atomic mass is 28.4. The second kappa shape index (κ2) is 5.17. The molecular weight excluding hydrogens is 218 g/mol. The Morgan fingerprint density at radius 3 is 2.44 bits per heavy atom. The van der Waals surface area contributed by atoms with Gasteiger partial charge in [0.15, 0.2) is 8.32 Å². The zero-order valence-corrected chi connectivity index (χ0v) is 12.3. The molecule has 1 heterocycles. The minimum atomic E-state index is -1.66. The van der Waals surface area contributed by atoms with Crippen LogP contribution in [0.5, 0.6) is 0 Å². The van der Waals surface area contributed by atoms with Crippen molar-refractivity contribution in [2.24, 2.45) is 5.92 Å². The molecule has 0 aromatic rings. The van der Waals surface area contributed by atoms with Crippen LogP contribution in [0.15, 0.2) is 0 Å². The third kappa shape index (κ3) is 3.55. The minimum Gasteiger partial charge on any atom is -0.413 e. The topological polar surface area (TPSA) is 41.5 Å². The zero-order chi connectivity index (χ0) is 12.4. The largest absolute Gasteiger partial charge is 0.413 e. The maximum atomic E-state index is 9.18. The van der Waals surface area contributed by atoms with Gasteiger partial charge in [-0.05, 0) is 30.5 Å². The molecule has 0 radical (unpaired) electrons. The summed E-state index contributed by atoms with van der Waals surface area (Å²) >= 11 is 0. The summed E-state index contributed by atoms with van der Waals surface area (Å²) in [4.78, 5) is 0.